The summed E-state index contributed by atoms with van der Waals surface area (Å²) in [6.07, 6.45) is 0. The van der Waals surface area contributed by atoms with Gasteiger partial charge in [0, 0.05) is 39.5 Å². The van der Waals surface area contributed by atoms with Gasteiger partial charge < -0.3 is 24.6 Å². The summed E-state index contributed by atoms with van der Waals surface area (Å²) in [5, 5.41) is 53.2. The Morgan fingerprint density at radius 3 is 1.82 bits per heavy atom. The highest BCUT2D eigenvalue weighted by Gasteiger charge is 2.33. The average molecular weight is 611 g/mol. The maximum absolute atomic E-state index is 13.3. The normalized spacial score (nSPS) is 12.2. The van der Waals surface area contributed by atoms with Crippen molar-refractivity contribution in [1.82, 2.24) is 0 Å². The summed E-state index contributed by atoms with van der Waals surface area (Å²) < 4.78 is 31.9. The van der Waals surface area contributed by atoms with Crippen LogP contribution in [0.3, 0.4) is 0 Å². The maximum atomic E-state index is 13.3. The predicted octanol–water partition coefficient (Wildman–Crippen LogP) is 6.93. The van der Waals surface area contributed by atoms with Gasteiger partial charge in [-0.25, -0.2) is 0 Å². The smallest absolute Gasteiger partial charge is 0.378 e. The predicted molar refractivity (Wildman–Crippen MR) is 165 cm³/mol. The molecule has 0 fully saturated rings. The Hall–Kier alpha value is -5.27. The third-order valence-electron chi connectivity index (χ3n) is 8.16. The van der Waals surface area contributed by atoms with Crippen LogP contribution in [0.4, 0.5) is 5.69 Å². The SMILES string of the molecule is CC(C)(c1ccc(O)cc1)c1cc(C(C)(C)c2ccc(OS(=O)(=O)c3cccc4c([O-])c([N+]#N)ccc34)cc2)c(O)cc1O. The molecule has 5 aromatic rings. The van der Waals surface area contributed by atoms with Gasteiger partial charge in [-0.3, -0.25) is 0 Å². The van der Waals surface area contributed by atoms with Crippen LogP contribution in [0.1, 0.15) is 49.9 Å². The summed E-state index contributed by atoms with van der Waals surface area (Å²) in [6.45, 7) is 7.66. The van der Waals surface area contributed by atoms with Crippen LogP contribution in [0, 0.1) is 5.39 Å². The molecule has 0 saturated heterocycles. The number of aromatic hydroxyl groups is 3. The zero-order valence-electron chi connectivity index (χ0n) is 24.4. The van der Waals surface area contributed by atoms with Crippen molar-refractivity contribution in [3.05, 3.63) is 118 Å². The van der Waals surface area contributed by atoms with Gasteiger partial charge in [0.25, 0.3) is 0 Å². The van der Waals surface area contributed by atoms with Crippen LogP contribution in [-0.2, 0) is 20.9 Å². The quantitative estimate of drug-likeness (QED) is 0.132. The van der Waals surface area contributed by atoms with Crippen molar-refractivity contribution in [2.24, 2.45) is 0 Å². The molecule has 0 radical (unpaired) electrons. The lowest BCUT2D eigenvalue weighted by molar-refractivity contribution is -0.264. The first-order chi connectivity index (χ1) is 20.7. The minimum Gasteiger partial charge on any atom is -0.867 e. The Morgan fingerprint density at radius 1 is 0.727 bits per heavy atom. The summed E-state index contributed by atoms with van der Waals surface area (Å²) >= 11 is 0. The number of phenols is 3. The van der Waals surface area contributed by atoms with E-state index >= 15 is 0 Å². The van der Waals surface area contributed by atoms with Crippen molar-refractivity contribution in [3.63, 3.8) is 0 Å². The van der Waals surface area contributed by atoms with Gasteiger partial charge in [0.1, 0.15) is 27.9 Å². The summed E-state index contributed by atoms with van der Waals surface area (Å²) in [5.74, 6) is -0.626. The Balaban J connectivity index is 1.47. The second kappa shape index (κ2) is 10.8. The molecule has 0 spiro atoms. The number of benzene rings is 5. The van der Waals surface area contributed by atoms with Gasteiger partial charge in [0.15, 0.2) is 4.98 Å². The molecule has 9 nitrogen and oxygen atoms in total. The van der Waals surface area contributed by atoms with E-state index in [0.717, 1.165) is 11.1 Å². The van der Waals surface area contributed by atoms with Gasteiger partial charge in [0.2, 0.25) is 5.39 Å². The van der Waals surface area contributed by atoms with Crippen LogP contribution in [0.5, 0.6) is 28.7 Å². The molecule has 0 bridgehead atoms. The fourth-order valence-electron chi connectivity index (χ4n) is 5.45. The third-order valence-corrected chi connectivity index (χ3v) is 9.47. The lowest BCUT2D eigenvalue weighted by Gasteiger charge is -2.32. The molecule has 5 rings (SSSR count). The molecule has 3 N–H and O–H groups in total. The van der Waals surface area contributed by atoms with Crippen molar-refractivity contribution >= 4 is 26.6 Å². The largest absolute Gasteiger partial charge is 0.867 e. The van der Waals surface area contributed by atoms with E-state index in [1.165, 1.54) is 48.5 Å². The Morgan fingerprint density at radius 2 is 1.27 bits per heavy atom. The number of hydrogen-bond acceptors (Lipinski definition) is 8. The number of diazo groups is 1. The first-order valence-corrected chi connectivity index (χ1v) is 15.1. The minimum atomic E-state index is -4.35. The van der Waals surface area contributed by atoms with Crippen LogP contribution < -0.4 is 9.29 Å². The molecule has 0 aliphatic heterocycles. The molecular weight excluding hydrogens is 580 g/mol. The van der Waals surface area contributed by atoms with Crippen molar-refractivity contribution in [2.45, 2.75) is 43.4 Å². The summed E-state index contributed by atoms with van der Waals surface area (Å²) in [4.78, 5) is 2.73. The van der Waals surface area contributed by atoms with E-state index in [4.69, 9.17) is 9.58 Å². The minimum absolute atomic E-state index is 0.0370. The number of phenolic OH excluding ortho intramolecular Hbond substituents is 3. The maximum Gasteiger partial charge on any atom is 0.378 e. The average Bonchev–Trinajstić information content (AvgIpc) is 2.97. The van der Waals surface area contributed by atoms with Gasteiger partial charge in [-0.1, -0.05) is 64.1 Å². The number of fused-ring (bicyclic) bond motifs is 1. The fraction of sp³-hybridized carbons (Fsp3) is 0.176. The molecule has 0 amide bonds. The summed E-state index contributed by atoms with van der Waals surface area (Å²) in [7, 11) is -4.35. The summed E-state index contributed by atoms with van der Waals surface area (Å²) in [5.41, 5.74) is 1.03. The van der Waals surface area contributed by atoms with Crippen molar-refractivity contribution in [1.29, 1.82) is 5.39 Å². The van der Waals surface area contributed by atoms with Crippen LogP contribution in [-0.4, -0.2) is 23.7 Å². The van der Waals surface area contributed by atoms with Gasteiger partial charge in [-0.05, 0) is 64.7 Å². The number of hydrogen-bond donors (Lipinski definition) is 3. The molecule has 0 aliphatic rings. The third kappa shape index (κ3) is 5.23. The highest BCUT2D eigenvalue weighted by atomic mass is 32.2. The molecule has 0 heterocycles. The van der Waals surface area contributed by atoms with Crippen LogP contribution in [0.15, 0.2) is 95.9 Å². The van der Waals surface area contributed by atoms with Gasteiger partial charge in [-0.2, -0.15) is 8.42 Å². The molecule has 0 aromatic heterocycles. The van der Waals surface area contributed by atoms with E-state index < -0.39 is 26.7 Å². The molecule has 44 heavy (non-hydrogen) atoms. The molecule has 224 valence electrons. The standard InChI is InChI=1S/C34H30N2O7S/c1-33(2,20-8-12-22(37)13-9-20)26-18-27(30(39)19-29(26)38)34(3,4)21-10-14-23(15-11-21)43-44(41,42)31-7-5-6-25-24(31)16-17-28(36-35)32(25)40/h5-19H,1-4H3,(H3-,37,38,39,40). The first-order valence-electron chi connectivity index (χ1n) is 13.7. The second-order valence-corrected chi connectivity index (χ2v) is 13.1. The zero-order chi connectivity index (χ0) is 32.0. The molecule has 0 aliphatic carbocycles. The van der Waals surface area contributed by atoms with Crippen LogP contribution >= 0.6 is 0 Å². The van der Waals surface area contributed by atoms with E-state index in [1.54, 1.807) is 42.5 Å². The van der Waals surface area contributed by atoms with Gasteiger partial charge in [0.05, 0.1) is 0 Å². The van der Waals surface area contributed by atoms with Gasteiger partial charge >= 0.3 is 15.8 Å². The van der Waals surface area contributed by atoms with E-state index in [0.29, 0.717) is 11.1 Å². The lowest BCUT2D eigenvalue weighted by atomic mass is 9.72. The Labute approximate surface area is 255 Å². The Kier molecular flexibility index (Phi) is 7.40. The lowest BCUT2D eigenvalue weighted by Crippen LogP contribution is -2.23. The summed E-state index contributed by atoms with van der Waals surface area (Å²) in [6, 6.07) is 23.0. The molecule has 0 saturated carbocycles. The zero-order valence-corrected chi connectivity index (χ0v) is 25.3. The molecule has 0 unspecified atom stereocenters. The topological polar surface area (TPSA) is 155 Å². The molecule has 10 heteroatoms. The monoisotopic (exact) mass is 610 g/mol. The van der Waals surface area contributed by atoms with Crippen molar-refractivity contribution < 1.29 is 33.0 Å². The molecule has 5 aromatic carbocycles. The van der Waals surface area contributed by atoms with Crippen molar-refractivity contribution in [3.8, 4) is 28.7 Å². The van der Waals surface area contributed by atoms with Crippen LogP contribution in [0.2, 0.25) is 0 Å². The second-order valence-electron chi connectivity index (χ2n) is 11.6. The van der Waals surface area contributed by atoms with E-state index in [9.17, 15) is 28.8 Å². The van der Waals surface area contributed by atoms with E-state index in [2.05, 4.69) is 4.98 Å². The first kappa shape index (κ1) is 30.2. The highest BCUT2D eigenvalue weighted by molar-refractivity contribution is 7.87. The van der Waals surface area contributed by atoms with Crippen LogP contribution in [0.25, 0.3) is 15.7 Å². The highest BCUT2D eigenvalue weighted by Crippen LogP contribution is 2.45. The van der Waals surface area contributed by atoms with Gasteiger partial charge in [-0.15, -0.1) is 0 Å². The fourth-order valence-corrected chi connectivity index (χ4v) is 6.60. The van der Waals surface area contributed by atoms with E-state index in [1.807, 2.05) is 27.7 Å². The van der Waals surface area contributed by atoms with Crippen molar-refractivity contribution in [2.75, 3.05) is 0 Å². The number of nitrogens with zero attached hydrogens (tertiary/aromatic N) is 2. The van der Waals surface area contributed by atoms with E-state index in [-0.39, 0.29) is 44.4 Å². The Bertz CT molecular complexity index is 2050. The molecular formula is C34H30N2O7S. The molecule has 0 atom stereocenters. The number of rotatable bonds is 7.